The van der Waals surface area contributed by atoms with Gasteiger partial charge in [0, 0.05) is 24.7 Å². The number of hydrogen-bond donors (Lipinski definition) is 1. The van der Waals surface area contributed by atoms with E-state index < -0.39 is 10.0 Å². The topological polar surface area (TPSA) is 69.7 Å². The fourth-order valence-corrected chi connectivity index (χ4v) is 5.08. The van der Waals surface area contributed by atoms with Crippen LogP contribution in [0.3, 0.4) is 0 Å². The van der Waals surface area contributed by atoms with Crippen molar-refractivity contribution in [2.45, 2.75) is 50.0 Å². The van der Waals surface area contributed by atoms with Gasteiger partial charge in [0.1, 0.15) is 0 Å². The Morgan fingerprint density at radius 1 is 1.23 bits per heavy atom. The van der Waals surface area contributed by atoms with Crippen LogP contribution in [-0.4, -0.2) is 63.3 Å². The van der Waals surface area contributed by atoms with Gasteiger partial charge in [0.2, 0.25) is 10.0 Å². The molecule has 1 saturated heterocycles. The third kappa shape index (κ3) is 5.28. The molecule has 1 fully saturated rings. The highest BCUT2D eigenvalue weighted by atomic mass is 32.2. The third-order valence-electron chi connectivity index (χ3n) is 4.84. The summed E-state index contributed by atoms with van der Waals surface area (Å²) in [7, 11) is 0.485. The van der Waals surface area contributed by atoms with Gasteiger partial charge in [0.25, 0.3) is 5.91 Å². The van der Waals surface area contributed by atoms with E-state index in [9.17, 15) is 13.2 Å². The van der Waals surface area contributed by atoms with Crippen molar-refractivity contribution in [3.63, 3.8) is 0 Å². The highest BCUT2D eigenvalue weighted by Crippen LogP contribution is 2.27. The van der Waals surface area contributed by atoms with E-state index in [1.165, 1.54) is 0 Å². The average Bonchev–Trinajstić information content (AvgIpc) is 2.65. The Balaban J connectivity index is 2.02. The molecule has 1 aliphatic heterocycles. The summed E-state index contributed by atoms with van der Waals surface area (Å²) < 4.78 is 27.5. The van der Waals surface area contributed by atoms with Crippen molar-refractivity contribution in [1.29, 1.82) is 0 Å². The van der Waals surface area contributed by atoms with Gasteiger partial charge < -0.3 is 10.2 Å². The van der Waals surface area contributed by atoms with Crippen molar-refractivity contribution in [1.82, 2.24) is 14.5 Å². The molecule has 6 nitrogen and oxygen atoms in total. The minimum absolute atomic E-state index is 0.0772. The Kier molecular flexibility index (Phi) is 7.61. The standard InChI is InChI=1S/C19H31N3O3S/c1-4-17-8-5-6-15-22(17)26(24,25)18-11-9-16(10-12-18)19(23)20-13-7-14-21(2)3/h9-12,17H,4-8,13-15H2,1-3H3,(H,20,23). The SMILES string of the molecule is CCC1CCCCN1S(=O)(=O)c1ccc(C(=O)NCCCN(C)C)cc1. The van der Waals surface area contributed by atoms with E-state index in [4.69, 9.17) is 0 Å². The van der Waals surface area contributed by atoms with Gasteiger partial charge in [-0.15, -0.1) is 0 Å². The number of sulfonamides is 1. The summed E-state index contributed by atoms with van der Waals surface area (Å²) in [4.78, 5) is 14.5. The van der Waals surface area contributed by atoms with Crippen molar-refractivity contribution in [2.75, 3.05) is 33.7 Å². The molecule has 2 rings (SSSR count). The molecule has 1 aromatic rings. The zero-order valence-electron chi connectivity index (χ0n) is 16.1. The molecule has 0 bridgehead atoms. The van der Waals surface area contributed by atoms with Crippen molar-refractivity contribution in [3.05, 3.63) is 29.8 Å². The summed E-state index contributed by atoms with van der Waals surface area (Å²) in [6.07, 6.45) is 4.61. The number of amides is 1. The predicted octanol–water partition coefficient (Wildman–Crippen LogP) is 2.32. The maximum atomic E-state index is 12.9. The Bertz CT molecular complexity index is 686. The number of hydrogen-bond acceptors (Lipinski definition) is 4. The molecule has 1 aliphatic rings. The Morgan fingerprint density at radius 2 is 1.92 bits per heavy atom. The Labute approximate surface area is 157 Å². The number of nitrogens with one attached hydrogen (secondary N) is 1. The van der Waals surface area contributed by atoms with Gasteiger partial charge >= 0.3 is 0 Å². The summed E-state index contributed by atoms with van der Waals surface area (Å²) in [6, 6.07) is 6.36. The molecule has 26 heavy (non-hydrogen) atoms. The molecular weight excluding hydrogens is 350 g/mol. The summed E-state index contributed by atoms with van der Waals surface area (Å²) in [6.45, 7) is 4.12. The smallest absolute Gasteiger partial charge is 0.251 e. The number of carbonyl (C=O) groups is 1. The highest BCUT2D eigenvalue weighted by Gasteiger charge is 2.32. The van der Waals surface area contributed by atoms with E-state index in [1.54, 1.807) is 28.6 Å². The fourth-order valence-electron chi connectivity index (χ4n) is 3.31. The molecule has 146 valence electrons. The van der Waals surface area contributed by atoms with Crippen LogP contribution in [-0.2, 0) is 10.0 Å². The van der Waals surface area contributed by atoms with Gasteiger partial charge in [-0.2, -0.15) is 4.31 Å². The molecule has 7 heteroatoms. The number of nitrogens with zero attached hydrogens (tertiary/aromatic N) is 2. The molecule has 0 aromatic heterocycles. The van der Waals surface area contributed by atoms with Crippen LogP contribution in [0.1, 0.15) is 49.4 Å². The van der Waals surface area contributed by atoms with Crippen LogP contribution in [0.5, 0.6) is 0 Å². The zero-order valence-corrected chi connectivity index (χ0v) is 16.9. The van der Waals surface area contributed by atoms with Crippen LogP contribution in [0.4, 0.5) is 0 Å². The molecule has 1 N–H and O–H groups in total. The first-order valence-electron chi connectivity index (χ1n) is 9.41. The second-order valence-corrected chi connectivity index (χ2v) is 9.00. The Morgan fingerprint density at radius 3 is 2.54 bits per heavy atom. The minimum atomic E-state index is -3.50. The fraction of sp³-hybridized carbons (Fsp3) is 0.632. The molecule has 1 atom stereocenters. The van der Waals surface area contributed by atoms with Crippen LogP contribution in [0.15, 0.2) is 29.2 Å². The molecule has 0 saturated carbocycles. The van der Waals surface area contributed by atoms with Crippen LogP contribution >= 0.6 is 0 Å². The van der Waals surface area contributed by atoms with Crippen LogP contribution in [0, 0.1) is 0 Å². The molecule has 1 heterocycles. The highest BCUT2D eigenvalue weighted by molar-refractivity contribution is 7.89. The first-order chi connectivity index (χ1) is 12.4. The van der Waals surface area contributed by atoms with Crippen molar-refractivity contribution >= 4 is 15.9 Å². The summed E-state index contributed by atoms with van der Waals surface area (Å²) in [5, 5.41) is 2.87. The molecule has 0 aliphatic carbocycles. The first kappa shape index (κ1) is 20.9. The van der Waals surface area contributed by atoms with Crippen molar-refractivity contribution in [3.8, 4) is 0 Å². The Hall–Kier alpha value is -1.44. The molecule has 1 amide bonds. The van der Waals surface area contributed by atoms with Crippen molar-refractivity contribution < 1.29 is 13.2 Å². The number of piperidine rings is 1. The zero-order chi connectivity index (χ0) is 19.2. The first-order valence-corrected chi connectivity index (χ1v) is 10.8. The molecule has 1 unspecified atom stereocenters. The quantitative estimate of drug-likeness (QED) is 0.702. The van der Waals surface area contributed by atoms with Crippen molar-refractivity contribution in [2.24, 2.45) is 0 Å². The molecule has 0 spiro atoms. The van der Waals surface area contributed by atoms with Gasteiger partial charge in [0.15, 0.2) is 0 Å². The summed E-state index contributed by atoms with van der Waals surface area (Å²) >= 11 is 0. The number of benzene rings is 1. The van der Waals surface area contributed by atoms with E-state index >= 15 is 0 Å². The molecule has 0 radical (unpaired) electrons. The number of rotatable bonds is 8. The van der Waals surface area contributed by atoms with E-state index in [-0.39, 0.29) is 16.8 Å². The van der Waals surface area contributed by atoms with E-state index in [0.29, 0.717) is 18.7 Å². The van der Waals surface area contributed by atoms with Gasteiger partial charge in [0.05, 0.1) is 4.90 Å². The van der Waals surface area contributed by atoms with Crippen LogP contribution in [0.2, 0.25) is 0 Å². The average molecular weight is 382 g/mol. The van der Waals surface area contributed by atoms with E-state index in [2.05, 4.69) is 10.2 Å². The maximum absolute atomic E-state index is 12.9. The normalized spacial score (nSPS) is 18.8. The maximum Gasteiger partial charge on any atom is 0.251 e. The monoisotopic (exact) mass is 381 g/mol. The van der Waals surface area contributed by atoms with E-state index in [0.717, 1.165) is 38.6 Å². The third-order valence-corrected chi connectivity index (χ3v) is 6.80. The lowest BCUT2D eigenvalue weighted by atomic mass is 10.0. The lowest BCUT2D eigenvalue weighted by Gasteiger charge is -2.34. The largest absolute Gasteiger partial charge is 0.352 e. The van der Waals surface area contributed by atoms with Gasteiger partial charge in [-0.3, -0.25) is 4.79 Å². The lowest BCUT2D eigenvalue weighted by molar-refractivity contribution is 0.0952. The van der Waals surface area contributed by atoms with Gasteiger partial charge in [-0.25, -0.2) is 8.42 Å². The van der Waals surface area contributed by atoms with Gasteiger partial charge in [-0.1, -0.05) is 13.3 Å². The predicted molar refractivity (Wildman–Crippen MR) is 104 cm³/mol. The second kappa shape index (κ2) is 9.48. The van der Waals surface area contributed by atoms with Gasteiger partial charge in [-0.05, 0) is 70.6 Å². The lowest BCUT2D eigenvalue weighted by Crippen LogP contribution is -2.43. The van der Waals surface area contributed by atoms with E-state index in [1.807, 2.05) is 21.0 Å². The number of carbonyl (C=O) groups excluding carboxylic acids is 1. The molecule has 1 aromatic carbocycles. The van der Waals surface area contributed by atoms with Crippen LogP contribution in [0.25, 0.3) is 0 Å². The summed E-state index contributed by atoms with van der Waals surface area (Å²) in [5.74, 6) is -0.169. The molecular formula is C19H31N3O3S. The minimum Gasteiger partial charge on any atom is -0.352 e. The summed E-state index contributed by atoms with van der Waals surface area (Å²) in [5.41, 5.74) is 0.486. The second-order valence-electron chi connectivity index (χ2n) is 7.11. The van der Waals surface area contributed by atoms with Crippen LogP contribution < -0.4 is 5.32 Å².